The summed E-state index contributed by atoms with van der Waals surface area (Å²) in [6.45, 7) is 18.7. The van der Waals surface area contributed by atoms with Gasteiger partial charge in [-0.2, -0.15) is 0 Å². The van der Waals surface area contributed by atoms with Crippen LogP contribution in [0, 0.1) is 23.7 Å². The number of amides is 7. The van der Waals surface area contributed by atoms with E-state index in [1.807, 2.05) is 58.0 Å². The summed E-state index contributed by atoms with van der Waals surface area (Å²) in [5.74, 6) is -5.25. The molecule has 0 aliphatic carbocycles. The lowest BCUT2D eigenvalue weighted by Gasteiger charge is -2.41. The maximum atomic E-state index is 14.7. The predicted molar refractivity (Wildman–Crippen MR) is 270 cm³/mol. The predicted octanol–water partition coefficient (Wildman–Crippen LogP) is 5.34. The van der Waals surface area contributed by atoms with E-state index in [1.54, 1.807) is 58.4 Å². The van der Waals surface area contributed by atoms with Gasteiger partial charge < -0.3 is 39.5 Å². The van der Waals surface area contributed by atoms with Gasteiger partial charge in [0.2, 0.25) is 23.6 Å². The number of imide groups is 1. The molecule has 0 unspecified atom stereocenters. The quantitative estimate of drug-likeness (QED) is 0.108. The third-order valence-electron chi connectivity index (χ3n) is 13.6. The van der Waals surface area contributed by atoms with Crippen LogP contribution in [0.4, 0.5) is 5.69 Å². The van der Waals surface area contributed by atoms with Gasteiger partial charge in [-0.3, -0.25) is 33.6 Å². The summed E-state index contributed by atoms with van der Waals surface area (Å²) in [5.41, 5.74) is 0.608. The molecular formula is C54H78N6O11. The first-order valence-electron chi connectivity index (χ1n) is 24.8. The smallest absolute Gasteiger partial charge is 0.329 e. The summed E-state index contributed by atoms with van der Waals surface area (Å²) in [6, 6.07) is 11.3. The van der Waals surface area contributed by atoms with E-state index in [0.717, 1.165) is 10.5 Å². The first-order valence-corrected chi connectivity index (χ1v) is 24.8. The minimum Gasteiger partial charge on any atom is -0.458 e. The zero-order valence-electron chi connectivity index (χ0n) is 44.2. The summed E-state index contributed by atoms with van der Waals surface area (Å²) in [5, 5.41) is 5.88. The average molecular weight is 987 g/mol. The lowest BCUT2D eigenvalue weighted by atomic mass is 9.89. The van der Waals surface area contributed by atoms with Crippen molar-refractivity contribution in [1.82, 2.24) is 25.3 Å². The fraction of sp³-hybridized carbons (Fsp3) is 0.593. The van der Waals surface area contributed by atoms with Crippen molar-refractivity contribution in [2.45, 2.75) is 149 Å². The van der Waals surface area contributed by atoms with Gasteiger partial charge in [0.1, 0.15) is 23.7 Å². The highest BCUT2D eigenvalue weighted by molar-refractivity contribution is 6.28. The molecule has 0 radical (unpaired) electrons. The molecule has 17 heteroatoms. The van der Waals surface area contributed by atoms with Crippen LogP contribution in [-0.2, 0) is 54.2 Å². The number of ether oxygens (including phenoxy) is 3. The Bertz CT molecular complexity index is 2210. The molecule has 2 N–H and O–H groups in total. The molecule has 2 aliphatic heterocycles. The van der Waals surface area contributed by atoms with Gasteiger partial charge in [0.05, 0.1) is 42.3 Å². The fourth-order valence-electron chi connectivity index (χ4n) is 9.66. The van der Waals surface area contributed by atoms with Crippen LogP contribution in [0.1, 0.15) is 111 Å². The van der Waals surface area contributed by atoms with E-state index >= 15 is 0 Å². The number of benzene rings is 2. The number of methoxy groups -OCH3 is 2. The molecule has 2 aliphatic rings. The number of anilines is 1. The van der Waals surface area contributed by atoms with Crippen LogP contribution < -0.4 is 15.5 Å². The Hall–Kier alpha value is -5.94. The first kappa shape index (κ1) is 57.6. The molecule has 2 heterocycles. The fourth-order valence-corrected chi connectivity index (χ4v) is 9.66. The molecule has 0 spiro atoms. The number of hydrogen-bond acceptors (Lipinski definition) is 11. The maximum Gasteiger partial charge on any atom is 0.329 e. The second kappa shape index (κ2) is 25.4. The van der Waals surface area contributed by atoms with Crippen molar-refractivity contribution in [3.8, 4) is 0 Å². The van der Waals surface area contributed by atoms with Crippen molar-refractivity contribution in [1.29, 1.82) is 0 Å². The highest BCUT2D eigenvalue weighted by Crippen LogP contribution is 2.30. The first-order chi connectivity index (χ1) is 33.4. The van der Waals surface area contributed by atoms with E-state index < -0.39 is 95.3 Å². The number of hydrogen-bond donors (Lipinski definition) is 2. The van der Waals surface area contributed by atoms with Gasteiger partial charge in [-0.1, -0.05) is 85.2 Å². The molecule has 1 fully saturated rings. The Labute approximate surface area is 420 Å². The molecule has 0 saturated carbocycles. The van der Waals surface area contributed by atoms with Gasteiger partial charge >= 0.3 is 5.97 Å². The monoisotopic (exact) mass is 987 g/mol. The van der Waals surface area contributed by atoms with E-state index in [9.17, 15) is 38.4 Å². The van der Waals surface area contributed by atoms with Crippen molar-refractivity contribution < 1.29 is 52.6 Å². The van der Waals surface area contributed by atoms with Crippen molar-refractivity contribution in [2.75, 3.05) is 39.8 Å². The number of nitrogens with one attached hydrogen (secondary N) is 2. The number of likely N-dealkylation sites (N-methyl/N-ethyl adjacent to an activating group) is 2. The molecule has 71 heavy (non-hydrogen) atoms. The zero-order chi connectivity index (χ0) is 53.1. The number of likely N-dealkylation sites (tertiary alicyclic amines) is 1. The zero-order valence-corrected chi connectivity index (χ0v) is 44.2. The number of esters is 1. The van der Waals surface area contributed by atoms with Crippen LogP contribution in [0.5, 0.6) is 0 Å². The maximum absolute atomic E-state index is 14.7. The molecule has 7 amide bonds. The van der Waals surface area contributed by atoms with Crippen molar-refractivity contribution in [3.05, 3.63) is 77.9 Å². The molecule has 390 valence electrons. The lowest BCUT2D eigenvalue weighted by Crippen LogP contribution is -2.60. The molecular weight excluding hydrogens is 909 g/mol. The number of carbonyl (C=O) groups is 8. The minimum absolute atomic E-state index is 0.0853. The largest absolute Gasteiger partial charge is 0.458 e. The Morgan fingerprint density at radius 1 is 0.789 bits per heavy atom. The van der Waals surface area contributed by atoms with Crippen LogP contribution in [-0.4, -0.2) is 145 Å². The van der Waals surface area contributed by atoms with E-state index in [4.69, 9.17) is 14.2 Å². The number of rotatable bonds is 23. The molecule has 4 rings (SSSR count). The van der Waals surface area contributed by atoms with E-state index in [1.165, 1.54) is 62.6 Å². The van der Waals surface area contributed by atoms with Gasteiger partial charge in [0.25, 0.3) is 17.7 Å². The third-order valence-corrected chi connectivity index (χ3v) is 13.6. The van der Waals surface area contributed by atoms with Crippen molar-refractivity contribution in [3.63, 3.8) is 0 Å². The Kier molecular flexibility index (Phi) is 20.7. The summed E-state index contributed by atoms with van der Waals surface area (Å²) in [4.78, 5) is 115. The average Bonchev–Trinajstić information content (AvgIpc) is 3.94. The Morgan fingerprint density at radius 3 is 1.92 bits per heavy atom. The summed E-state index contributed by atoms with van der Waals surface area (Å²) in [6.07, 6.45) is 2.89. The Balaban J connectivity index is 1.50. The van der Waals surface area contributed by atoms with Crippen LogP contribution >= 0.6 is 0 Å². The highest BCUT2D eigenvalue weighted by Gasteiger charge is 2.44. The van der Waals surface area contributed by atoms with E-state index in [-0.39, 0.29) is 42.1 Å². The topological polar surface area (TPSA) is 201 Å². The number of carbonyl (C=O) groups excluding carboxylic acids is 8. The van der Waals surface area contributed by atoms with E-state index in [0.29, 0.717) is 31.5 Å². The van der Waals surface area contributed by atoms with Gasteiger partial charge in [-0.15, -0.1) is 0 Å². The molecule has 2 aromatic rings. The third kappa shape index (κ3) is 14.6. The molecule has 0 aromatic heterocycles. The van der Waals surface area contributed by atoms with E-state index in [2.05, 4.69) is 10.6 Å². The van der Waals surface area contributed by atoms with Crippen LogP contribution in [0.15, 0.2) is 66.7 Å². The summed E-state index contributed by atoms with van der Waals surface area (Å²) in [7, 11) is 6.18. The highest BCUT2D eigenvalue weighted by atomic mass is 16.6. The van der Waals surface area contributed by atoms with Crippen LogP contribution in [0.2, 0.25) is 0 Å². The number of nitrogens with zero attached hydrogens (tertiary/aromatic N) is 4. The molecule has 1 saturated heterocycles. The molecule has 2 aromatic carbocycles. The second-order valence-electron chi connectivity index (χ2n) is 20.6. The van der Waals surface area contributed by atoms with Gasteiger partial charge in [0, 0.05) is 59.0 Å². The standard InChI is InChI=1S/C54H78N6O11/c1-15-34(6)47(58(12)52(67)45(32(2)3)56-50(65)46(33(4)5)57(11)51(66)37-23-25-38(26-24-37)60-42(61)27-28-43(60)62)41(69-13)31-44(63)59-29-19-22-40(59)48(70-14)35(7)49(64)55-39(53(68)71-54(8,9)10)30-36-20-17-16-18-21-36/h16-18,20-21,23-28,32-35,39-41,45-48H,15,19,22,29-31H2,1-14H3,(H,55,64)(H,56,65)/t34-,35+,39-,40-,41+,45-,46-,47-,48+/m0/s1. The minimum atomic E-state index is -1.01. The molecule has 0 bridgehead atoms. The Morgan fingerprint density at radius 2 is 1.39 bits per heavy atom. The van der Waals surface area contributed by atoms with Crippen molar-refractivity contribution in [2.24, 2.45) is 23.7 Å². The second-order valence-corrected chi connectivity index (χ2v) is 20.6. The normalized spacial score (nSPS) is 18.3. The van der Waals surface area contributed by atoms with Crippen LogP contribution in [0.25, 0.3) is 0 Å². The van der Waals surface area contributed by atoms with Crippen LogP contribution in [0.3, 0.4) is 0 Å². The molecule has 9 atom stereocenters. The van der Waals surface area contributed by atoms with Crippen molar-refractivity contribution >= 4 is 53.0 Å². The summed E-state index contributed by atoms with van der Waals surface area (Å²) >= 11 is 0. The lowest BCUT2D eigenvalue weighted by molar-refractivity contribution is -0.159. The van der Waals surface area contributed by atoms with Gasteiger partial charge in [-0.05, 0) is 81.2 Å². The van der Waals surface area contributed by atoms with Gasteiger partial charge in [-0.25, -0.2) is 9.69 Å². The molecule has 17 nitrogen and oxygen atoms in total. The summed E-state index contributed by atoms with van der Waals surface area (Å²) < 4.78 is 17.8. The van der Waals surface area contributed by atoms with Gasteiger partial charge in [0.15, 0.2) is 0 Å². The SMILES string of the molecule is CC[C@H](C)[C@@H]([C@@H](CC(=O)N1CCC[C@H]1[C@H](OC)[C@@H](C)C(=O)N[C@@H](Cc1ccccc1)C(=O)OC(C)(C)C)OC)N(C)C(=O)[C@@H](NC(=O)[C@H](C(C)C)N(C)C(=O)c1ccc(N2C(=O)C=CC2=O)cc1)C(C)C.